The minimum atomic E-state index is 0.510. The maximum absolute atomic E-state index is 4.25. The maximum Gasteiger partial charge on any atom is 0.106 e. The van der Waals surface area contributed by atoms with E-state index in [-0.39, 0.29) is 0 Å². The van der Waals surface area contributed by atoms with E-state index in [2.05, 4.69) is 36.1 Å². The van der Waals surface area contributed by atoms with E-state index in [0.717, 1.165) is 24.7 Å². The van der Waals surface area contributed by atoms with Gasteiger partial charge in [0.15, 0.2) is 0 Å². The van der Waals surface area contributed by atoms with Crippen LogP contribution in [0.2, 0.25) is 0 Å². The highest BCUT2D eigenvalue weighted by Crippen LogP contribution is 2.38. The van der Waals surface area contributed by atoms with E-state index in [1.54, 1.807) is 0 Å². The molecule has 0 spiro atoms. The largest absolute Gasteiger partial charge is 0.349 e. The normalized spacial score (nSPS) is 27.3. The lowest BCUT2D eigenvalue weighted by molar-refractivity contribution is 0.151. The van der Waals surface area contributed by atoms with Gasteiger partial charge in [0.25, 0.3) is 0 Å². The Labute approximate surface area is 111 Å². The molecule has 0 bridgehead atoms. The summed E-state index contributed by atoms with van der Waals surface area (Å²) < 4.78 is 0. The van der Waals surface area contributed by atoms with Crippen LogP contribution in [-0.4, -0.2) is 22.6 Å². The molecule has 1 heterocycles. The number of nitrogens with zero attached hydrogens (tertiary/aromatic N) is 1. The quantitative estimate of drug-likeness (QED) is 0.787. The fourth-order valence-corrected chi connectivity index (χ4v) is 3.50. The van der Waals surface area contributed by atoms with Crippen molar-refractivity contribution in [3.63, 3.8) is 0 Å². The standard InChI is InChI=1S/C15H27N3/c1-12-9-13(11-15(2,3)10-12)16-6-4-5-14-17-7-8-18-14/h7-8,12-13,16H,4-6,9-11H2,1-3H3,(H,17,18). The number of hydrogen-bond donors (Lipinski definition) is 2. The summed E-state index contributed by atoms with van der Waals surface area (Å²) in [7, 11) is 0. The van der Waals surface area contributed by atoms with E-state index in [4.69, 9.17) is 0 Å². The number of hydrogen-bond acceptors (Lipinski definition) is 2. The van der Waals surface area contributed by atoms with Crippen LogP contribution in [-0.2, 0) is 6.42 Å². The van der Waals surface area contributed by atoms with Crippen molar-refractivity contribution >= 4 is 0 Å². The zero-order valence-electron chi connectivity index (χ0n) is 12.0. The van der Waals surface area contributed by atoms with E-state index in [0.29, 0.717) is 11.5 Å². The Kier molecular flexibility index (Phi) is 4.44. The third-order valence-corrected chi connectivity index (χ3v) is 3.97. The van der Waals surface area contributed by atoms with Gasteiger partial charge < -0.3 is 10.3 Å². The van der Waals surface area contributed by atoms with Gasteiger partial charge in [-0.25, -0.2) is 4.98 Å². The van der Waals surface area contributed by atoms with Crippen LogP contribution in [0, 0.1) is 11.3 Å². The highest BCUT2D eigenvalue weighted by molar-refractivity contribution is 4.88. The van der Waals surface area contributed by atoms with Gasteiger partial charge in [-0.3, -0.25) is 0 Å². The van der Waals surface area contributed by atoms with Gasteiger partial charge in [0.1, 0.15) is 5.82 Å². The van der Waals surface area contributed by atoms with Crippen molar-refractivity contribution in [2.24, 2.45) is 11.3 Å². The number of aromatic amines is 1. The molecule has 0 radical (unpaired) electrons. The van der Waals surface area contributed by atoms with Crippen molar-refractivity contribution in [2.45, 2.75) is 58.9 Å². The molecule has 1 aromatic heterocycles. The average Bonchev–Trinajstić information content (AvgIpc) is 2.74. The molecule has 1 aromatic rings. The molecule has 0 aromatic carbocycles. The summed E-state index contributed by atoms with van der Waals surface area (Å²) in [5.74, 6) is 1.96. The lowest BCUT2D eigenvalue weighted by Gasteiger charge is -2.39. The molecule has 1 aliphatic carbocycles. The molecule has 2 N–H and O–H groups in total. The number of nitrogens with one attached hydrogen (secondary N) is 2. The van der Waals surface area contributed by atoms with Crippen LogP contribution in [0.15, 0.2) is 12.4 Å². The van der Waals surface area contributed by atoms with Gasteiger partial charge >= 0.3 is 0 Å². The van der Waals surface area contributed by atoms with Gasteiger partial charge in [0, 0.05) is 24.9 Å². The molecule has 3 nitrogen and oxygen atoms in total. The smallest absolute Gasteiger partial charge is 0.106 e. The lowest BCUT2D eigenvalue weighted by Crippen LogP contribution is -2.40. The molecule has 0 aliphatic heterocycles. The van der Waals surface area contributed by atoms with Crippen LogP contribution < -0.4 is 5.32 Å². The van der Waals surface area contributed by atoms with Crippen molar-refractivity contribution in [3.05, 3.63) is 18.2 Å². The number of imidazole rings is 1. The third kappa shape index (κ3) is 4.13. The van der Waals surface area contributed by atoms with Gasteiger partial charge in [-0.1, -0.05) is 20.8 Å². The van der Waals surface area contributed by atoms with Crippen LogP contribution in [0.25, 0.3) is 0 Å². The zero-order valence-corrected chi connectivity index (χ0v) is 12.0. The molecular weight excluding hydrogens is 222 g/mol. The number of rotatable bonds is 5. The topological polar surface area (TPSA) is 40.7 Å². The summed E-state index contributed by atoms with van der Waals surface area (Å²) in [6, 6.07) is 0.709. The summed E-state index contributed by atoms with van der Waals surface area (Å²) in [4.78, 5) is 7.41. The number of aromatic nitrogens is 2. The van der Waals surface area contributed by atoms with Crippen LogP contribution in [0.3, 0.4) is 0 Å². The molecule has 3 heteroatoms. The van der Waals surface area contributed by atoms with E-state index in [1.165, 1.54) is 25.7 Å². The molecule has 0 saturated heterocycles. The fraction of sp³-hybridized carbons (Fsp3) is 0.800. The van der Waals surface area contributed by atoms with E-state index >= 15 is 0 Å². The molecule has 2 unspecified atom stereocenters. The first-order chi connectivity index (χ1) is 8.55. The van der Waals surface area contributed by atoms with Crippen LogP contribution in [0.1, 0.15) is 52.3 Å². The summed E-state index contributed by atoms with van der Waals surface area (Å²) in [5, 5.41) is 3.73. The summed E-state index contributed by atoms with van der Waals surface area (Å²) >= 11 is 0. The molecule has 18 heavy (non-hydrogen) atoms. The Bertz CT molecular complexity index is 343. The summed E-state index contributed by atoms with van der Waals surface area (Å²) in [6.45, 7) is 8.30. The Morgan fingerprint density at radius 1 is 1.44 bits per heavy atom. The van der Waals surface area contributed by atoms with E-state index < -0.39 is 0 Å². The predicted octanol–water partition coefficient (Wildman–Crippen LogP) is 3.15. The fourth-order valence-electron chi connectivity index (χ4n) is 3.50. The molecule has 102 valence electrons. The highest BCUT2D eigenvalue weighted by Gasteiger charge is 2.31. The predicted molar refractivity (Wildman–Crippen MR) is 75.5 cm³/mol. The minimum absolute atomic E-state index is 0.510. The minimum Gasteiger partial charge on any atom is -0.349 e. The van der Waals surface area contributed by atoms with E-state index in [1.807, 2.05) is 12.4 Å². The molecule has 1 saturated carbocycles. The second-order valence-electron chi connectivity index (χ2n) is 6.70. The highest BCUT2D eigenvalue weighted by atomic mass is 14.9. The second kappa shape index (κ2) is 5.87. The van der Waals surface area contributed by atoms with Gasteiger partial charge in [-0.2, -0.15) is 0 Å². The van der Waals surface area contributed by atoms with Crippen molar-refractivity contribution in [3.8, 4) is 0 Å². The lowest BCUT2D eigenvalue weighted by atomic mass is 9.70. The van der Waals surface area contributed by atoms with Gasteiger partial charge in [-0.15, -0.1) is 0 Å². The molecule has 0 amide bonds. The SMILES string of the molecule is CC1CC(NCCCc2ncc[nH]2)CC(C)(C)C1. The van der Waals surface area contributed by atoms with Gasteiger partial charge in [0.2, 0.25) is 0 Å². The Balaban J connectivity index is 1.67. The average molecular weight is 249 g/mol. The maximum atomic E-state index is 4.25. The van der Waals surface area contributed by atoms with Crippen LogP contribution in [0.4, 0.5) is 0 Å². The second-order valence-corrected chi connectivity index (χ2v) is 6.70. The van der Waals surface area contributed by atoms with Crippen molar-refractivity contribution in [2.75, 3.05) is 6.54 Å². The number of aryl methyl sites for hydroxylation is 1. The molecule has 1 fully saturated rings. The Morgan fingerprint density at radius 3 is 2.94 bits per heavy atom. The first kappa shape index (κ1) is 13.6. The van der Waals surface area contributed by atoms with Crippen LogP contribution >= 0.6 is 0 Å². The molecule has 1 aliphatic rings. The van der Waals surface area contributed by atoms with Crippen molar-refractivity contribution in [1.29, 1.82) is 0 Å². The monoisotopic (exact) mass is 249 g/mol. The number of H-pyrrole nitrogens is 1. The summed E-state index contributed by atoms with van der Waals surface area (Å²) in [5.41, 5.74) is 0.510. The first-order valence-electron chi connectivity index (χ1n) is 7.27. The van der Waals surface area contributed by atoms with Crippen LogP contribution in [0.5, 0.6) is 0 Å². The summed E-state index contributed by atoms with van der Waals surface area (Å²) in [6.07, 6.45) is 9.96. The Morgan fingerprint density at radius 2 is 2.28 bits per heavy atom. The molecule has 2 atom stereocenters. The third-order valence-electron chi connectivity index (χ3n) is 3.97. The Hall–Kier alpha value is -0.830. The zero-order chi connectivity index (χ0) is 13.0. The molecular formula is C15H27N3. The molecule has 2 rings (SSSR count). The first-order valence-corrected chi connectivity index (χ1v) is 7.27. The van der Waals surface area contributed by atoms with Crippen molar-refractivity contribution < 1.29 is 0 Å². The van der Waals surface area contributed by atoms with E-state index in [9.17, 15) is 0 Å². The van der Waals surface area contributed by atoms with Gasteiger partial charge in [-0.05, 0) is 43.6 Å². The van der Waals surface area contributed by atoms with Crippen molar-refractivity contribution in [1.82, 2.24) is 15.3 Å². The van der Waals surface area contributed by atoms with Gasteiger partial charge in [0.05, 0.1) is 0 Å².